The highest BCUT2D eigenvalue weighted by Crippen LogP contribution is 2.27. The van der Waals surface area contributed by atoms with Gasteiger partial charge in [-0.1, -0.05) is 30.3 Å². The highest BCUT2D eigenvalue weighted by molar-refractivity contribution is 5.99. The molecule has 1 fully saturated rings. The van der Waals surface area contributed by atoms with Gasteiger partial charge < -0.3 is 9.88 Å². The third-order valence-electron chi connectivity index (χ3n) is 5.80. The molecule has 1 N–H and O–H groups in total. The Morgan fingerprint density at radius 3 is 2.77 bits per heavy atom. The van der Waals surface area contributed by atoms with Crippen LogP contribution in [0.25, 0.3) is 10.9 Å². The predicted octanol–water partition coefficient (Wildman–Crippen LogP) is 5.02. The van der Waals surface area contributed by atoms with Gasteiger partial charge in [0.1, 0.15) is 0 Å². The molecule has 134 valence electrons. The molecule has 4 rings (SSSR count). The minimum absolute atomic E-state index is 0.181. The first kappa shape index (κ1) is 16.9. The average molecular weight is 346 g/mol. The van der Waals surface area contributed by atoms with Crippen molar-refractivity contribution in [2.24, 2.45) is 0 Å². The Labute approximate surface area is 155 Å². The largest absolute Gasteiger partial charge is 0.358 e. The van der Waals surface area contributed by atoms with Crippen LogP contribution in [0.4, 0.5) is 0 Å². The molecule has 1 saturated heterocycles. The third-order valence-corrected chi connectivity index (χ3v) is 5.80. The van der Waals surface area contributed by atoms with E-state index in [0.717, 1.165) is 48.7 Å². The molecule has 0 aliphatic carbocycles. The van der Waals surface area contributed by atoms with E-state index in [4.69, 9.17) is 0 Å². The molecule has 2 heterocycles. The predicted molar refractivity (Wildman–Crippen MR) is 107 cm³/mol. The molecule has 1 atom stereocenters. The van der Waals surface area contributed by atoms with Crippen molar-refractivity contribution in [3.05, 3.63) is 70.9 Å². The number of benzene rings is 2. The first-order valence-corrected chi connectivity index (χ1v) is 9.57. The molecular formula is C23H26N2O. The van der Waals surface area contributed by atoms with E-state index in [1.807, 2.05) is 12.1 Å². The van der Waals surface area contributed by atoms with E-state index < -0.39 is 0 Å². The Hall–Kier alpha value is -2.55. The fraction of sp³-hybridized carbons (Fsp3) is 0.348. The lowest BCUT2D eigenvalue weighted by Crippen LogP contribution is -2.35. The number of aryl methyl sites for hydroxylation is 3. The number of amides is 1. The number of rotatable bonds is 4. The molecule has 1 aromatic heterocycles. The van der Waals surface area contributed by atoms with Gasteiger partial charge in [0.2, 0.25) is 0 Å². The van der Waals surface area contributed by atoms with E-state index in [-0.39, 0.29) is 5.91 Å². The molecule has 3 aromatic rings. The zero-order valence-electron chi connectivity index (χ0n) is 15.6. The summed E-state index contributed by atoms with van der Waals surface area (Å²) >= 11 is 0. The highest BCUT2D eigenvalue weighted by Gasteiger charge is 2.29. The van der Waals surface area contributed by atoms with Crippen LogP contribution in [0.15, 0.2) is 48.5 Å². The quantitative estimate of drug-likeness (QED) is 0.707. The Balaban J connectivity index is 1.52. The van der Waals surface area contributed by atoms with Crippen molar-refractivity contribution in [2.45, 2.75) is 45.6 Å². The minimum Gasteiger partial charge on any atom is -0.358 e. The lowest BCUT2D eigenvalue weighted by Gasteiger charge is -2.25. The highest BCUT2D eigenvalue weighted by atomic mass is 16.2. The van der Waals surface area contributed by atoms with Crippen molar-refractivity contribution in [3.8, 4) is 0 Å². The van der Waals surface area contributed by atoms with Crippen molar-refractivity contribution < 1.29 is 4.79 Å². The van der Waals surface area contributed by atoms with Gasteiger partial charge in [-0.15, -0.1) is 0 Å². The van der Waals surface area contributed by atoms with Crippen molar-refractivity contribution >= 4 is 16.8 Å². The topological polar surface area (TPSA) is 36.1 Å². The maximum Gasteiger partial charge on any atom is 0.254 e. The number of carbonyl (C=O) groups is 1. The number of fused-ring (bicyclic) bond motifs is 1. The maximum atomic E-state index is 13.1. The van der Waals surface area contributed by atoms with Crippen LogP contribution in [0.5, 0.6) is 0 Å². The number of hydrogen-bond acceptors (Lipinski definition) is 1. The molecule has 2 aromatic carbocycles. The van der Waals surface area contributed by atoms with Gasteiger partial charge in [0, 0.05) is 34.7 Å². The van der Waals surface area contributed by atoms with Crippen LogP contribution in [0.1, 0.15) is 46.4 Å². The van der Waals surface area contributed by atoms with Crippen molar-refractivity contribution in [1.82, 2.24) is 9.88 Å². The molecular weight excluding hydrogens is 320 g/mol. The van der Waals surface area contributed by atoms with Gasteiger partial charge in [-0.25, -0.2) is 0 Å². The summed E-state index contributed by atoms with van der Waals surface area (Å²) in [5, 5.41) is 1.16. The van der Waals surface area contributed by atoms with Crippen molar-refractivity contribution in [1.29, 1.82) is 0 Å². The van der Waals surface area contributed by atoms with Crippen LogP contribution in [0, 0.1) is 13.8 Å². The molecule has 0 radical (unpaired) electrons. The number of aromatic amines is 1. The number of aromatic nitrogens is 1. The Kier molecular flexibility index (Phi) is 4.54. The van der Waals surface area contributed by atoms with Crippen molar-refractivity contribution in [2.75, 3.05) is 6.54 Å². The van der Waals surface area contributed by atoms with Gasteiger partial charge in [-0.3, -0.25) is 4.79 Å². The summed E-state index contributed by atoms with van der Waals surface area (Å²) in [6, 6.07) is 17.0. The SMILES string of the molecule is Cc1[nH]c2ccc(C(=O)N3CCC[C@@H]3CCc3ccccc3)cc2c1C. The third kappa shape index (κ3) is 3.14. The first-order valence-electron chi connectivity index (χ1n) is 9.57. The minimum atomic E-state index is 0.181. The molecule has 1 aliphatic heterocycles. The van der Waals surface area contributed by atoms with Gasteiger partial charge in [0.25, 0.3) is 5.91 Å². The molecule has 0 bridgehead atoms. The molecule has 0 unspecified atom stereocenters. The van der Waals surface area contributed by atoms with Crippen LogP contribution in [0.3, 0.4) is 0 Å². The molecule has 0 saturated carbocycles. The summed E-state index contributed by atoms with van der Waals surface area (Å²) in [4.78, 5) is 18.6. The number of likely N-dealkylation sites (tertiary alicyclic amines) is 1. The van der Waals surface area contributed by atoms with Gasteiger partial charge in [0.05, 0.1) is 0 Å². The summed E-state index contributed by atoms with van der Waals surface area (Å²) in [5.74, 6) is 0.181. The Morgan fingerprint density at radius 2 is 1.96 bits per heavy atom. The van der Waals surface area contributed by atoms with E-state index in [2.05, 4.69) is 60.1 Å². The second kappa shape index (κ2) is 6.99. The van der Waals surface area contributed by atoms with Crippen LogP contribution in [-0.2, 0) is 6.42 Å². The summed E-state index contributed by atoms with van der Waals surface area (Å²) < 4.78 is 0. The monoisotopic (exact) mass is 346 g/mol. The molecule has 0 spiro atoms. The first-order chi connectivity index (χ1) is 12.6. The van der Waals surface area contributed by atoms with Gasteiger partial charge in [-0.2, -0.15) is 0 Å². The second-order valence-corrected chi connectivity index (χ2v) is 7.45. The Bertz CT molecular complexity index is 926. The molecule has 26 heavy (non-hydrogen) atoms. The van der Waals surface area contributed by atoms with Crippen LogP contribution in [-0.4, -0.2) is 28.4 Å². The summed E-state index contributed by atoms with van der Waals surface area (Å²) in [7, 11) is 0. The normalized spacial score (nSPS) is 17.2. The summed E-state index contributed by atoms with van der Waals surface area (Å²) in [5.41, 5.74) is 5.68. The fourth-order valence-electron chi connectivity index (χ4n) is 4.14. The zero-order chi connectivity index (χ0) is 18.1. The lowest BCUT2D eigenvalue weighted by atomic mass is 10.0. The number of hydrogen-bond donors (Lipinski definition) is 1. The molecule has 1 aliphatic rings. The number of H-pyrrole nitrogens is 1. The van der Waals surface area contributed by atoms with Crippen LogP contribution < -0.4 is 0 Å². The van der Waals surface area contributed by atoms with Crippen LogP contribution in [0.2, 0.25) is 0 Å². The zero-order valence-corrected chi connectivity index (χ0v) is 15.6. The molecule has 1 amide bonds. The fourth-order valence-corrected chi connectivity index (χ4v) is 4.14. The van der Waals surface area contributed by atoms with E-state index in [0.29, 0.717) is 6.04 Å². The lowest BCUT2D eigenvalue weighted by molar-refractivity contribution is 0.0731. The van der Waals surface area contributed by atoms with E-state index in [1.165, 1.54) is 16.8 Å². The van der Waals surface area contributed by atoms with Gasteiger partial charge >= 0.3 is 0 Å². The van der Waals surface area contributed by atoms with E-state index in [9.17, 15) is 4.79 Å². The second-order valence-electron chi connectivity index (χ2n) is 7.45. The smallest absolute Gasteiger partial charge is 0.254 e. The number of carbonyl (C=O) groups excluding carboxylic acids is 1. The standard InChI is InChI=1S/C23H26N2O/c1-16-17(2)24-22-13-11-19(15-21(16)22)23(26)25-14-6-9-20(25)12-10-18-7-4-3-5-8-18/h3-5,7-8,11,13,15,20,24H,6,9-10,12,14H2,1-2H3/t20-/m1/s1. The summed E-state index contributed by atoms with van der Waals surface area (Å²) in [6.45, 7) is 5.07. The molecule has 3 heteroatoms. The summed E-state index contributed by atoms with van der Waals surface area (Å²) in [6.07, 6.45) is 4.30. The number of nitrogens with one attached hydrogen (secondary N) is 1. The van der Waals surface area contributed by atoms with E-state index in [1.54, 1.807) is 0 Å². The van der Waals surface area contributed by atoms with E-state index >= 15 is 0 Å². The Morgan fingerprint density at radius 1 is 1.15 bits per heavy atom. The number of nitrogens with zero attached hydrogens (tertiary/aromatic N) is 1. The van der Waals surface area contributed by atoms with Crippen LogP contribution >= 0.6 is 0 Å². The van der Waals surface area contributed by atoms with Gasteiger partial charge in [-0.05, 0) is 68.9 Å². The van der Waals surface area contributed by atoms with Gasteiger partial charge in [0.15, 0.2) is 0 Å². The van der Waals surface area contributed by atoms with Crippen molar-refractivity contribution in [3.63, 3.8) is 0 Å². The average Bonchev–Trinajstić information content (AvgIpc) is 3.25. The molecule has 3 nitrogen and oxygen atoms in total. The maximum absolute atomic E-state index is 13.1.